The van der Waals surface area contributed by atoms with Gasteiger partial charge in [-0.1, -0.05) is 0 Å². The van der Waals surface area contributed by atoms with Gasteiger partial charge in [0.25, 0.3) is 6.43 Å². The van der Waals surface area contributed by atoms with Crippen LogP contribution in [0.3, 0.4) is 0 Å². The van der Waals surface area contributed by atoms with Crippen molar-refractivity contribution < 1.29 is 8.78 Å². The molecule has 0 spiro atoms. The first-order chi connectivity index (χ1) is 6.15. The van der Waals surface area contributed by atoms with Crippen molar-refractivity contribution in [3.8, 4) is 0 Å². The zero-order valence-corrected chi connectivity index (χ0v) is 7.35. The van der Waals surface area contributed by atoms with E-state index in [2.05, 4.69) is 5.32 Å². The molecule has 0 bridgehead atoms. The highest BCUT2D eigenvalue weighted by molar-refractivity contribution is 5.58. The molecule has 3 N–H and O–H groups in total. The summed E-state index contributed by atoms with van der Waals surface area (Å²) in [6, 6.07) is 4.47. The topological polar surface area (TPSA) is 38.0 Å². The molecule has 2 nitrogen and oxygen atoms in total. The normalized spacial score (nSPS) is 10.5. The lowest BCUT2D eigenvalue weighted by atomic mass is 10.1. The van der Waals surface area contributed by atoms with E-state index in [0.717, 1.165) is 0 Å². The number of rotatable bonds is 3. The quantitative estimate of drug-likeness (QED) is 0.712. The Kier molecular flexibility index (Phi) is 3.06. The van der Waals surface area contributed by atoms with Crippen molar-refractivity contribution >= 4 is 11.4 Å². The van der Waals surface area contributed by atoms with Gasteiger partial charge in [-0.25, -0.2) is 8.78 Å². The summed E-state index contributed by atoms with van der Waals surface area (Å²) in [5, 5.41) is 2.85. The van der Waals surface area contributed by atoms with Gasteiger partial charge in [0.15, 0.2) is 0 Å². The summed E-state index contributed by atoms with van der Waals surface area (Å²) in [6.45, 7) is 2.47. The van der Waals surface area contributed by atoms with Gasteiger partial charge in [0, 0.05) is 23.5 Å². The van der Waals surface area contributed by atoms with Crippen molar-refractivity contribution in [1.82, 2.24) is 0 Å². The van der Waals surface area contributed by atoms with E-state index >= 15 is 0 Å². The molecule has 0 aliphatic rings. The number of nitrogen functional groups attached to an aromatic ring is 1. The zero-order chi connectivity index (χ0) is 9.84. The number of hydrogen-bond acceptors (Lipinski definition) is 2. The number of nitrogens with one attached hydrogen (secondary N) is 1. The molecular formula is C9H12F2N2. The van der Waals surface area contributed by atoms with Crippen LogP contribution in [0.1, 0.15) is 18.9 Å². The van der Waals surface area contributed by atoms with Crippen LogP contribution >= 0.6 is 0 Å². The third-order valence-electron chi connectivity index (χ3n) is 1.68. The molecule has 0 aliphatic heterocycles. The van der Waals surface area contributed by atoms with E-state index in [4.69, 9.17) is 5.73 Å². The van der Waals surface area contributed by atoms with Crippen LogP contribution in [-0.2, 0) is 0 Å². The third kappa shape index (κ3) is 2.31. The highest BCUT2D eigenvalue weighted by atomic mass is 19.3. The molecule has 4 heteroatoms. The van der Waals surface area contributed by atoms with Gasteiger partial charge in [-0.15, -0.1) is 0 Å². The van der Waals surface area contributed by atoms with Gasteiger partial charge in [-0.2, -0.15) is 0 Å². The number of benzene rings is 1. The minimum atomic E-state index is -2.49. The summed E-state index contributed by atoms with van der Waals surface area (Å²) in [5.41, 5.74) is 6.17. The second-order valence-electron chi connectivity index (χ2n) is 2.68. The number of nitrogens with two attached hydrogens (primary N) is 1. The Balaban J connectivity index is 3.03. The summed E-state index contributed by atoms with van der Waals surface area (Å²) < 4.78 is 24.9. The van der Waals surface area contributed by atoms with Crippen LogP contribution in [-0.4, -0.2) is 6.54 Å². The van der Waals surface area contributed by atoms with Crippen molar-refractivity contribution in [3.05, 3.63) is 23.8 Å². The average molecular weight is 186 g/mol. The Labute approximate surface area is 75.7 Å². The van der Waals surface area contributed by atoms with Gasteiger partial charge >= 0.3 is 0 Å². The summed E-state index contributed by atoms with van der Waals surface area (Å²) >= 11 is 0. The maximum Gasteiger partial charge on any atom is 0.265 e. The second-order valence-corrected chi connectivity index (χ2v) is 2.68. The molecule has 0 radical (unpaired) electrons. The van der Waals surface area contributed by atoms with E-state index in [0.29, 0.717) is 17.9 Å². The highest BCUT2D eigenvalue weighted by Gasteiger charge is 2.12. The molecule has 0 saturated carbocycles. The van der Waals surface area contributed by atoms with Gasteiger partial charge in [-0.05, 0) is 25.1 Å². The van der Waals surface area contributed by atoms with Crippen molar-refractivity contribution in [2.75, 3.05) is 17.6 Å². The summed E-state index contributed by atoms with van der Waals surface area (Å²) in [6.07, 6.45) is -2.49. The lowest BCUT2D eigenvalue weighted by molar-refractivity contribution is 0.152. The van der Waals surface area contributed by atoms with Gasteiger partial charge in [-0.3, -0.25) is 0 Å². The molecule has 0 aromatic heterocycles. The van der Waals surface area contributed by atoms with Crippen LogP contribution in [0.25, 0.3) is 0 Å². The van der Waals surface area contributed by atoms with Gasteiger partial charge in [0.2, 0.25) is 0 Å². The molecule has 0 amide bonds. The molecular weight excluding hydrogens is 174 g/mol. The number of alkyl halides is 2. The molecule has 1 aromatic rings. The van der Waals surface area contributed by atoms with Gasteiger partial charge < -0.3 is 11.1 Å². The van der Waals surface area contributed by atoms with E-state index in [9.17, 15) is 8.78 Å². The lowest BCUT2D eigenvalue weighted by Gasteiger charge is -2.10. The maximum atomic E-state index is 12.4. The first kappa shape index (κ1) is 9.77. The van der Waals surface area contributed by atoms with E-state index in [1.54, 1.807) is 12.1 Å². The van der Waals surface area contributed by atoms with Crippen LogP contribution in [0.4, 0.5) is 20.2 Å². The first-order valence-electron chi connectivity index (χ1n) is 4.06. The molecule has 72 valence electrons. The zero-order valence-electron chi connectivity index (χ0n) is 7.35. The maximum absolute atomic E-state index is 12.4. The Morgan fingerprint density at radius 2 is 2.15 bits per heavy atom. The molecule has 0 heterocycles. The molecule has 13 heavy (non-hydrogen) atoms. The predicted octanol–water partition coefficient (Wildman–Crippen LogP) is 2.64. The lowest BCUT2D eigenvalue weighted by Crippen LogP contribution is -2.02. The monoisotopic (exact) mass is 186 g/mol. The van der Waals surface area contributed by atoms with Crippen LogP contribution in [0.5, 0.6) is 0 Å². The van der Waals surface area contributed by atoms with E-state index < -0.39 is 6.43 Å². The Hall–Kier alpha value is -1.32. The second kappa shape index (κ2) is 4.07. The van der Waals surface area contributed by atoms with E-state index in [1.165, 1.54) is 6.07 Å². The minimum absolute atomic E-state index is 0.0400. The molecule has 0 unspecified atom stereocenters. The fourth-order valence-electron chi connectivity index (χ4n) is 1.11. The third-order valence-corrected chi connectivity index (χ3v) is 1.68. The average Bonchev–Trinajstić information content (AvgIpc) is 2.08. The first-order valence-corrected chi connectivity index (χ1v) is 4.06. The van der Waals surface area contributed by atoms with Gasteiger partial charge in [0.05, 0.1) is 0 Å². The molecule has 1 aromatic carbocycles. The highest BCUT2D eigenvalue weighted by Crippen LogP contribution is 2.28. The van der Waals surface area contributed by atoms with Crippen LogP contribution in [0.15, 0.2) is 18.2 Å². The number of halogens is 2. The number of anilines is 2. The summed E-state index contributed by atoms with van der Waals surface area (Å²) in [7, 11) is 0. The summed E-state index contributed by atoms with van der Waals surface area (Å²) in [4.78, 5) is 0. The standard InChI is InChI=1S/C9H12F2N2/c1-2-13-8-4-3-6(12)5-7(8)9(10)11/h3-5,9,13H,2,12H2,1H3. The Morgan fingerprint density at radius 1 is 1.46 bits per heavy atom. The molecule has 0 aliphatic carbocycles. The van der Waals surface area contributed by atoms with Crippen molar-refractivity contribution in [3.63, 3.8) is 0 Å². The van der Waals surface area contributed by atoms with Crippen LogP contribution in [0, 0.1) is 0 Å². The fraction of sp³-hybridized carbons (Fsp3) is 0.333. The molecule has 0 atom stereocenters. The fourth-order valence-corrected chi connectivity index (χ4v) is 1.11. The van der Waals surface area contributed by atoms with Crippen molar-refractivity contribution in [2.45, 2.75) is 13.3 Å². The van der Waals surface area contributed by atoms with Crippen molar-refractivity contribution in [2.24, 2.45) is 0 Å². The largest absolute Gasteiger partial charge is 0.399 e. The van der Waals surface area contributed by atoms with Crippen molar-refractivity contribution in [1.29, 1.82) is 0 Å². The van der Waals surface area contributed by atoms with E-state index in [-0.39, 0.29) is 5.56 Å². The smallest absolute Gasteiger partial charge is 0.265 e. The molecule has 1 rings (SSSR count). The molecule has 0 fully saturated rings. The Morgan fingerprint density at radius 3 is 2.69 bits per heavy atom. The SMILES string of the molecule is CCNc1ccc(N)cc1C(F)F. The predicted molar refractivity (Wildman–Crippen MR) is 50.0 cm³/mol. The minimum Gasteiger partial charge on any atom is -0.399 e. The Bertz CT molecular complexity index is 287. The van der Waals surface area contributed by atoms with Crippen LogP contribution < -0.4 is 11.1 Å². The summed E-state index contributed by atoms with van der Waals surface area (Å²) in [5.74, 6) is 0. The molecule has 0 saturated heterocycles. The van der Waals surface area contributed by atoms with E-state index in [1.807, 2.05) is 6.92 Å². The van der Waals surface area contributed by atoms with Gasteiger partial charge in [0.1, 0.15) is 0 Å². The van der Waals surface area contributed by atoms with Crippen LogP contribution in [0.2, 0.25) is 0 Å². The number of hydrogen-bond donors (Lipinski definition) is 2.